The third-order valence-electron chi connectivity index (χ3n) is 4.60. The Kier molecular flexibility index (Phi) is 4.16. The van der Waals surface area contributed by atoms with Gasteiger partial charge in [0.15, 0.2) is 0 Å². The molecule has 0 saturated heterocycles. The van der Waals surface area contributed by atoms with Gasteiger partial charge in [0.2, 0.25) is 0 Å². The quantitative estimate of drug-likeness (QED) is 0.499. The summed E-state index contributed by atoms with van der Waals surface area (Å²) in [4.78, 5) is 0. The van der Waals surface area contributed by atoms with Gasteiger partial charge in [0.05, 0.1) is 11.4 Å². The maximum atomic E-state index is 6.30. The molecule has 0 heterocycles. The highest BCUT2D eigenvalue weighted by Gasteiger charge is 2.03. The zero-order valence-electron chi connectivity index (χ0n) is 14.4. The smallest absolute Gasteiger partial charge is 0.0554 e. The normalized spacial score (nSPS) is 12.6. The van der Waals surface area contributed by atoms with E-state index in [2.05, 4.69) is 48.5 Å². The predicted octanol–water partition coefficient (Wildman–Crippen LogP) is 5.29. The molecule has 0 fully saturated rings. The molecular weight excluding hydrogens is 316 g/mol. The Hall–Kier alpha value is -3.52. The maximum Gasteiger partial charge on any atom is 0.0554 e. The molecule has 0 radical (unpaired) electrons. The van der Waals surface area contributed by atoms with Gasteiger partial charge in [0.25, 0.3) is 0 Å². The van der Waals surface area contributed by atoms with Crippen LogP contribution in [0.25, 0.3) is 33.7 Å². The SMILES string of the molecule is NC(=Cc1cccc2ccccc12)C(N)=Cc1cccc2ccccc12. The molecule has 26 heavy (non-hydrogen) atoms. The highest BCUT2D eigenvalue weighted by atomic mass is 14.7. The van der Waals surface area contributed by atoms with Gasteiger partial charge in [0, 0.05) is 0 Å². The zero-order valence-corrected chi connectivity index (χ0v) is 14.4. The Balaban J connectivity index is 1.76. The second-order valence-corrected chi connectivity index (χ2v) is 6.34. The lowest BCUT2D eigenvalue weighted by Gasteiger charge is -2.07. The average molecular weight is 336 g/mol. The summed E-state index contributed by atoms with van der Waals surface area (Å²) in [6.45, 7) is 0. The number of rotatable bonds is 3. The van der Waals surface area contributed by atoms with Crippen LogP contribution in [-0.4, -0.2) is 0 Å². The van der Waals surface area contributed by atoms with E-state index in [0.717, 1.165) is 21.9 Å². The summed E-state index contributed by atoms with van der Waals surface area (Å²) in [5.74, 6) is 0. The first-order chi connectivity index (χ1) is 12.7. The third-order valence-corrected chi connectivity index (χ3v) is 4.60. The second kappa shape index (κ2) is 6.77. The van der Waals surface area contributed by atoms with E-state index in [1.807, 2.05) is 48.6 Å². The van der Waals surface area contributed by atoms with E-state index in [1.165, 1.54) is 10.8 Å². The summed E-state index contributed by atoms with van der Waals surface area (Å²) in [6, 6.07) is 28.9. The van der Waals surface area contributed by atoms with E-state index in [-0.39, 0.29) is 0 Å². The van der Waals surface area contributed by atoms with Gasteiger partial charge < -0.3 is 11.5 Å². The highest BCUT2D eigenvalue weighted by molar-refractivity contribution is 5.93. The second-order valence-electron chi connectivity index (χ2n) is 6.34. The van der Waals surface area contributed by atoms with Crippen LogP contribution in [0.4, 0.5) is 0 Å². The lowest BCUT2D eigenvalue weighted by molar-refractivity contribution is 1.28. The summed E-state index contributed by atoms with van der Waals surface area (Å²) in [5.41, 5.74) is 15.9. The molecule has 0 unspecified atom stereocenters. The van der Waals surface area contributed by atoms with Crippen LogP contribution in [0.5, 0.6) is 0 Å². The molecule has 0 spiro atoms. The van der Waals surface area contributed by atoms with Crippen molar-refractivity contribution in [2.75, 3.05) is 0 Å². The van der Waals surface area contributed by atoms with Crippen molar-refractivity contribution in [2.45, 2.75) is 0 Å². The minimum atomic E-state index is 0.564. The Bertz CT molecular complexity index is 1050. The van der Waals surface area contributed by atoms with Gasteiger partial charge in [-0.1, -0.05) is 84.9 Å². The van der Waals surface area contributed by atoms with Crippen molar-refractivity contribution in [2.24, 2.45) is 11.5 Å². The molecular formula is C24H20N2. The monoisotopic (exact) mass is 336 g/mol. The Morgan fingerprint density at radius 2 is 0.885 bits per heavy atom. The molecule has 0 aliphatic rings. The minimum absolute atomic E-state index is 0.564. The lowest BCUT2D eigenvalue weighted by Crippen LogP contribution is -2.08. The van der Waals surface area contributed by atoms with E-state index < -0.39 is 0 Å². The fourth-order valence-electron chi connectivity index (χ4n) is 3.25. The largest absolute Gasteiger partial charge is 0.397 e. The molecule has 2 heteroatoms. The third kappa shape index (κ3) is 3.05. The van der Waals surface area contributed by atoms with Crippen LogP contribution in [0.15, 0.2) is 96.3 Å². The van der Waals surface area contributed by atoms with Crippen LogP contribution in [0.2, 0.25) is 0 Å². The van der Waals surface area contributed by atoms with E-state index >= 15 is 0 Å². The van der Waals surface area contributed by atoms with Gasteiger partial charge in [-0.2, -0.15) is 0 Å². The number of benzene rings is 4. The lowest BCUT2D eigenvalue weighted by atomic mass is 10.0. The number of hydrogen-bond acceptors (Lipinski definition) is 2. The van der Waals surface area contributed by atoms with E-state index in [9.17, 15) is 0 Å². The first-order valence-electron chi connectivity index (χ1n) is 8.62. The van der Waals surface area contributed by atoms with Gasteiger partial charge in [-0.15, -0.1) is 0 Å². The van der Waals surface area contributed by atoms with Crippen molar-refractivity contribution in [3.63, 3.8) is 0 Å². The molecule has 0 saturated carbocycles. The zero-order chi connectivity index (χ0) is 17.9. The van der Waals surface area contributed by atoms with Crippen molar-refractivity contribution >= 4 is 33.7 Å². The van der Waals surface area contributed by atoms with Crippen LogP contribution in [-0.2, 0) is 0 Å². The maximum absolute atomic E-state index is 6.30. The van der Waals surface area contributed by atoms with Gasteiger partial charge in [-0.3, -0.25) is 0 Å². The molecule has 0 atom stereocenters. The number of nitrogens with two attached hydrogens (primary N) is 2. The molecule has 4 aromatic rings. The molecule has 2 nitrogen and oxygen atoms in total. The first-order valence-corrected chi connectivity index (χ1v) is 8.62. The van der Waals surface area contributed by atoms with E-state index in [1.54, 1.807) is 0 Å². The summed E-state index contributed by atoms with van der Waals surface area (Å²) in [5, 5.41) is 4.70. The van der Waals surface area contributed by atoms with Crippen LogP contribution in [0.1, 0.15) is 11.1 Å². The molecule has 126 valence electrons. The van der Waals surface area contributed by atoms with Gasteiger partial charge in [-0.05, 0) is 44.8 Å². The minimum Gasteiger partial charge on any atom is -0.397 e. The van der Waals surface area contributed by atoms with Gasteiger partial charge in [0.1, 0.15) is 0 Å². The summed E-state index contributed by atoms with van der Waals surface area (Å²) >= 11 is 0. The summed E-state index contributed by atoms with van der Waals surface area (Å²) < 4.78 is 0. The molecule has 4 aromatic carbocycles. The molecule has 4 N–H and O–H groups in total. The Morgan fingerprint density at radius 3 is 1.35 bits per heavy atom. The first kappa shape index (κ1) is 16.0. The van der Waals surface area contributed by atoms with Crippen molar-refractivity contribution in [1.82, 2.24) is 0 Å². The predicted molar refractivity (Wildman–Crippen MR) is 112 cm³/mol. The van der Waals surface area contributed by atoms with Crippen molar-refractivity contribution < 1.29 is 0 Å². The Morgan fingerprint density at radius 1 is 0.500 bits per heavy atom. The molecule has 0 aliphatic heterocycles. The average Bonchev–Trinajstić information content (AvgIpc) is 2.68. The molecule has 0 aromatic heterocycles. The fraction of sp³-hybridized carbons (Fsp3) is 0. The van der Waals surface area contributed by atoms with Crippen LogP contribution in [0, 0.1) is 0 Å². The topological polar surface area (TPSA) is 52.0 Å². The van der Waals surface area contributed by atoms with Crippen molar-refractivity contribution in [3.8, 4) is 0 Å². The highest BCUT2D eigenvalue weighted by Crippen LogP contribution is 2.23. The van der Waals surface area contributed by atoms with Gasteiger partial charge >= 0.3 is 0 Å². The summed E-state index contributed by atoms with van der Waals surface area (Å²) in [7, 11) is 0. The summed E-state index contributed by atoms with van der Waals surface area (Å²) in [6.07, 6.45) is 3.89. The van der Waals surface area contributed by atoms with Gasteiger partial charge in [-0.25, -0.2) is 0 Å². The van der Waals surface area contributed by atoms with Crippen LogP contribution in [0.3, 0.4) is 0 Å². The van der Waals surface area contributed by atoms with E-state index in [0.29, 0.717) is 11.4 Å². The van der Waals surface area contributed by atoms with E-state index in [4.69, 9.17) is 11.5 Å². The number of hydrogen-bond donors (Lipinski definition) is 2. The van der Waals surface area contributed by atoms with Crippen LogP contribution >= 0.6 is 0 Å². The van der Waals surface area contributed by atoms with Crippen LogP contribution < -0.4 is 11.5 Å². The molecule has 0 amide bonds. The van der Waals surface area contributed by atoms with Crippen molar-refractivity contribution in [3.05, 3.63) is 107 Å². The molecule has 0 aliphatic carbocycles. The molecule has 4 rings (SSSR count). The molecule has 0 bridgehead atoms. The number of fused-ring (bicyclic) bond motifs is 2. The Labute approximate surface area is 153 Å². The van der Waals surface area contributed by atoms with Crippen molar-refractivity contribution in [1.29, 1.82) is 0 Å². The standard InChI is InChI=1S/C24H20N2/c25-23(15-19-11-5-9-17-7-1-3-13-21(17)19)24(26)16-20-12-6-10-18-8-2-4-14-22(18)20/h1-16H,25-26H2. The fourth-order valence-corrected chi connectivity index (χ4v) is 3.25.